The molecule has 60 valence electrons. The Bertz CT molecular complexity index is 105. The molecule has 0 bridgehead atoms. The van der Waals surface area contributed by atoms with Gasteiger partial charge in [-0.3, -0.25) is 0 Å². The molecule has 0 radical (unpaired) electrons. The molecule has 2 N–H and O–H groups in total. The highest BCUT2D eigenvalue weighted by Gasteiger charge is 2.28. The third kappa shape index (κ3) is 1.48. The summed E-state index contributed by atoms with van der Waals surface area (Å²) < 4.78 is 5.11. The van der Waals surface area contributed by atoms with E-state index in [1.54, 1.807) is 0 Å². The van der Waals surface area contributed by atoms with E-state index < -0.39 is 6.10 Å². The summed E-state index contributed by atoms with van der Waals surface area (Å²) in [6.07, 6.45) is 0.0417. The summed E-state index contributed by atoms with van der Waals surface area (Å²) in [5, 5.41) is 18.0. The van der Waals surface area contributed by atoms with Crippen molar-refractivity contribution >= 4 is 0 Å². The second-order valence-corrected chi connectivity index (χ2v) is 2.85. The van der Waals surface area contributed by atoms with Crippen molar-refractivity contribution < 1.29 is 14.9 Å². The highest BCUT2D eigenvalue weighted by Crippen LogP contribution is 2.19. The van der Waals surface area contributed by atoms with Gasteiger partial charge in [0, 0.05) is 6.61 Å². The van der Waals surface area contributed by atoms with Crippen molar-refractivity contribution in [1.82, 2.24) is 0 Å². The monoisotopic (exact) mass is 146 g/mol. The van der Waals surface area contributed by atoms with Crippen LogP contribution in [0.25, 0.3) is 0 Å². The van der Waals surface area contributed by atoms with Crippen molar-refractivity contribution in [2.24, 2.45) is 5.92 Å². The van der Waals surface area contributed by atoms with Crippen LogP contribution >= 0.6 is 0 Å². The molecule has 3 nitrogen and oxygen atoms in total. The predicted molar refractivity (Wildman–Crippen MR) is 36.6 cm³/mol. The fraction of sp³-hybridized carbons (Fsp3) is 1.00. The Hall–Kier alpha value is -0.120. The summed E-state index contributed by atoms with van der Waals surface area (Å²) in [5.74, 6) is 0.255. The zero-order chi connectivity index (χ0) is 7.56. The number of rotatable bonds is 1. The predicted octanol–water partition coefficient (Wildman–Crippen LogP) is -0.235. The molecule has 0 aromatic rings. The average Bonchev–Trinajstić information content (AvgIpc) is 1.95. The number of aliphatic hydroxyl groups is 2. The summed E-state index contributed by atoms with van der Waals surface area (Å²) in [4.78, 5) is 0. The van der Waals surface area contributed by atoms with Crippen LogP contribution in [0.2, 0.25) is 0 Å². The van der Waals surface area contributed by atoms with Gasteiger partial charge >= 0.3 is 0 Å². The molecule has 3 heteroatoms. The molecule has 3 unspecified atom stereocenters. The first-order valence-corrected chi connectivity index (χ1v) is 3.66. The minimum Gasteiger partial charge on any atom is -0.394 e. The molecule has 10 heavy (non-hydrogen) atoms. The van der Waals surface area contributed by atoms with Crippen LogP contribution in [-0.4, -0.2) is 35.6 Å². The zero-order valence-corrected chi connectivity index (χ0v) is 6.16. The van der Waals surface area contributed by atoms with Crippen LogP contribution in [0.5, 0.6) is 0 Å². The van der Waals surface area contributed by atoms with E-state index in [4.69, 9.17) is 9.84 Å². The van der Waals surface area contributed by atoms with E-state index in [2.05, 4.69) is 0 Å². The van der Waals surface area contributed by atoms with E-state index in [-0.39, 0.29) is 18.6 Å². The van der Waals surface area contributed by atoms with Crippen molar-refractivity contribution in [3.63, 3.8) is 0 Å². The molecule has 1 aliphatic heterocycles. The molecule has 0 saturated carbocycles. The Balaban J connectivity index is 2.42. The lowest BCUT2D eigenvalue weighted by Crippen LogP contribution is -2.41. The van der Waals surface area contributed by atoms with Crippen molar-refractivity contribution in [2.45, 2.75) is 25.6 Å². The third-order valence-corrected chi connectivity index (χ3v) is 2.05. The molecular weight excluding hydrogens is 132 g/mol. The van der Waals surface area contributed by atoms with Crippen molar-refractivity contribution in [3.05, 3.63) is 0 Å². The lowest BCUT2D eigenvalue weighted by molar-refractivity contribution is -0.118. The summed E-state index contributed by atoms with van der Waals surface area (Å²) in [7, 11) is 0. The summed E-state index contributed by atoms with van der Waals surface area (Å²) in [5.41, 5.74) is 0. The van der Waals surface area contributed by atoms with Crippen LogP contribution in [0.4, 0.5) is 0 Å². The van der Waals surface area contributed by atoms with Crippen molar-refractivity contribution in [2.75, 3.05) is 13.2 Å². The maximum Gasteiger partial charge on any atom is 0.107 e. The van der Waals surface area contributed by atoms with E-state index in [1.807, 2.05) is 6.92 Å². The molecule has 1 rings (SSSR count). The lowest BCUT2D eigenvalue weighted by Gasteiger charge is -2.31. The average molecular weight is 146 g/mol. The minimum absolute atomic E-state index is 0.0779. The fourth-order valence-corrected chi connectivity index (χ4v) is 1.20. The van der Waals surface area contributed by atoms with Crippen LogP contribution < -0.4 is 0 Å². The quantitative estimate of drug-likeness (QED) is 0.537. The van der Waals surface area contributed by atoms with Crippen LogP contribution in [0.3, 0.4) is 0 Å². The van der Waals surface area contributed by atoms with Crippen LogP contribution in [0.15, 0.2) is 0 Å². The normalized spacial score (nSPS) is 41.7. The second kappa shape index (κ2) is 3.32. The molecule has 3 atom stereocenters. The molecule has 1 aliphatic rings. The molecular formula is C7H14O3. The van der Waals surface area contributed by atoms with Gasteiger partial charge < -0.3 is 14.9 Å². The van der Waals surface area contributed by atoms with E-state index in [9.17, 15) is 5.11 Å². The van der Waals surface area contributed by atoms with E-state index in [1.165, 1.54) is 0 Å². The van der Waals surface area contributed by atoms with Gasteiger partial charge in [-0.25, -0.2) is 0 Å². The van der Waals surface area contributed by atoms with Gasteiger partial charge in [-0.15, -0.1) is 0 Å². The Kier molecular flexibility index (Phi) is 2.65. The van der Waals surface area contributed by atoms with Gasteiger partial charge in [-0.1, -0.05) is 6.92 Å². The SMILES string of the molecule is CC1CCOC(CO)C1O. The molecule has 0 aliphatic carbocycles. The summed E-state index contributed by atoms with van der Waals surface area (Å²) in [6, 6.07) is 0. The zero-order valence-electron chi connectivity index (χ0n) is 6.16. The Labute approximate surface area is 60.6 Å². The minimum atomic E-state index is -0.487. The number of aliphatic hydroxyl groups excluding tert-OH is 2. The van der Waals surface area contributed by atoms with Crippen molar-refractivity contribution in [1.29, 1.82) is 0 Å². The Morgan fingerprint density at radius 1 is 1.60 bits per heavy atom. The highest BCUT2D eigenvalue weighted by atomic mass is 16.5. The first kappa shape index (κ1) is 7.98. The van der Waals surface area contributed by atoms with Gasteiger partial charge in [-0.2, -0.15) is 0 Å². The van der Waals surface area contributed by atoms with Crippen LogP contribution in [0, 0.1) is 5.92 Å². The van der Waals surface area contributed by atoms with E-state index in [0.29, 0.717) is 6.61 Å². The van der Waals surface area contributed by atoms with Crippen molar-refractivity contribution in [3.8, 4) is 0 Å². The van der Waals surface area contributed by atoms with Gasteiger partial charge in [0.05, 0.1) is 12.7 Å². The van der Waals surface area contributed by atoms with Gasteiger partial charge in [0.15, 0.2) is 0 Å². The molecule has 0 aromatic carbocycles. The van der Waals surface area contributed by atoms with E-state index >= 15 is 0 Å². The summed E-state index contributed by atoms with van der Waals surface area (Å²) >= 11 is 0. The van der Waals surface area contributed by atoms with Crippen LogP contribution in [-0.2, 0) is 4.74 Å². The molecule has 1 fully saturated rings. The Morgan fingerprint density at radius 3 is 2.80 bits per heavy atom. The first-order valence-electron chi connectivity index (χ1n) is 3.66. The fourth-order valence-electron chi connectivity index (χ4n) is 1.20. The maximum atomic E-state index is 9.35. The summed E-state index contributed by atoms with van der Waals surface area (Å²) in [6.45, 7) is 2.55. The van der Waals surface area contributed by atoms with Gasteiger partial charge in [0.2, 0.25) is 0 Å². The standard InChI is InChI=1S/C7H14O3/c1-5-2-3-10-6(4-8)7(5)9/h5-9H,2-4H2,1H3. The Morgan fingerprint density at radius 2 is 2.30 bits per heavy atom. The topological polar surface area (TPSA) is 49.7 Å². The maximum absolute atomic E-state index is 9.35. The van der Waals surface area contributed by atoms with Gasteiger partial charge in [0.25, 0.3) is 0 Å². The first-order chi connectivity index (χ1) is 4.75. The smallest absolute Gasteiger partial charge is 0.107 e. The van der Waals surface area contributed by atoms with Gasteiger partial charge in [-0.05, 0) is 12.3 Å². The molecule has 0 aromatic heterocycles. The largest absolute Gasteiger partial charge is 0.394 e. The number of ether oxygens (including phenoxy) is 1. The number of hydrogen-bond donors (Lipinski definition) is 2. The molecule has 1 heterocycles. The second-order valence-electron chi connectivity index (χ2n) is 2.85. The molecule has 0 amide bonds. The van der Waals surface area contributed by atoms with Crippen LogP contribution in [0.1, 0.15) is 13.3 Å². The lowest BCUT2D eigenvalue weighted by atomic mass is 9.95. The molecule has 1 saturated heterocycles. The number of hydrogen-bond acceptors (Lipinski definition) is 3. The van der Waals surface area contributed by atoms with E-state index in [0.717, 1.165) is 6.42 Å². The highest BCUT2D eigenvalue weighted by molar-refractivity contribution is 4.77. The third-order valence-electron chi connectivity index (χ3n) is 2.05. The van der Waals surface area contributed by atoms with Gasteiger partial charge in [0.1, 0.15) is 6.10 Å². The molecule has 0 spiro atoms.